The van der Waals surface area contributed by atoms with E-state index in [1.165, 1.54) is 11.0 Å². The third-order valence-electron chi connectivity index (χ3n) is 6.43. The number of rotatable bonds is 8. The summed E-state index contributed by atoms with van der Waals surface area (Å²) < 4.78 is 27.7. The number of hydrogen-bond donors (Lipinski definition) is 0. The molecular formula is C26H29N3O2S2. The second kappa shape index (κ2) is 9.87. The highest BCUT2D eigenvalue weighted by Crippen LogP contribution is 2.35. The van der Waals surface area contributed by atoms with E-state index < -0.39 is 9.84 Å². The predicted molar refractivity (Wildman–Crippen MR) is 136 cm³/mol. The van der Waals surface area contributed by atoms with Crippen LogP contribution in [0.2, 0.25) is 0 Å². The number of aryl methyl sites for hydroxylation is 1. The molecule has 4 heterocycles. The normalized spacial score (nSPS) is 17.6. The van der Waals surface area contributed by atoms with Gasteiger partial charge < -0.3 is 4.90 Å². The molecule has 0 amide bonds. The van der Waals surface area contributed by atoms with E-state index in [1.807, 2.05) is 30.5 Å². The smallest absolute Gasteiger partial charge is 0.171 e. The van der Waals surface area contributed by atoms with Gasteiger partial charge in [0.2, 0.25) is 0 Å². The van der Waals surface area contributed by atoms with Gasteiger partial charge >= 0.3 is 0 Å². The Balaban J connectivity index is 1.11. The first-order valence-electron chi connectivity index (χ1n) is 11.6. The fraction of sp³-hybridized carbons (Fsp3) is 0.346. The Morgan fingerprint density at radius 3 is 2.70 bits per heavy atom. The second-order valence-electron chi connectivity index (χ2n) is 8.90. The van der Waals surface area contributed by atoms with Gasteiger partial charge in [0.15, 0.2) is 9.84 Å². The fourth-order valence-electron chi connectivity index (χ4n) is 4.67. The Bertz CT molecular complexity index is 1270. The van der Waals surface area contributed by atoms with Gasteiger partial charge in [0.05, 0.1) is 22.7 Å². The molecule has 7 heteroatoms. The molecule has 33 heavy (non-hydrogen) atoms. The number of sulfone groups is 1. The van der Waals surface area contributed by atoms with Crippen molar-refractivity contribution in [3.05, 3.63) is 82.4 Å². The van der Waals surface area contributed by atoms with Crippen LogP contribution in [0.1, 0.15) is 30.5 Å². The average Bonchev–Trinajstić information content (AvgIpc) is 3.24. The van der Waals surface area contributed by atoms with Gasteiger partial charge in [-0.3, -0.25) is 4.40 Å². The maximum absolute atomic E-state index is 12.8. The monoisotopic (exact) mass is 479 g/mol. The molecule has 172 valence electrons. The quantitative estimate of drug-likeness (QED) is 0.452. The molecule has 1 fully saturated rings. The van der Waals surface area contributed by atoms with Crippen molar-refractivity contribution in [2.45, 2.75) is 30.7 Å². The Hall–Kier alpha value is -2.35. The fourth-order valence-corrected chi connectivity index (χ4v) is 7.21. The third-order valence-corrected chi connectivity index (χ3v) is 8.94. The van der Waals surface area contributed by atoms with E-state index in [-0.39, 0.29) is 11.7 Å². The van der Waals surface area contributed by atoms with Gasteiger partial charge in [0, 0.05) is 10.3 Å². The van der Waals surface area contributed by atoms with Crippen molar-refractivity contribution >= 4 is 33.3 Å². The summed E-state index contributed by atoms with van der Waals surface area (Å²) in [7, 11) is -3.24. The van der Waals surface area contributed by atoms with Gasteiger partial charge in [-0.2, -0.15) is 0 Å². The number of imidazole rings is 1. The van der Waals surface area contributed by atoms with Crippen molar-refractivity contribution in [1.29, 1.82) is 0 Å². The molecule has 0 bridgehead atoms. The molecule has 0 atom stereocenters. The van der Waals surface area contributed by atoms with E-state index in [0.29, 0.717) is 0 Å². The molecule has 5 nitrogen and oxygen atoms in total. The summed E-state index contributed by atoms with van der Waals surface area (Å²) in [5.41, 5.74) is 3.28. The first-order valence-corrected chi connectivity index (χ1v) is 14.1. The molecule has 2 aliphatic heterocycles. The van der Waals surface area contributed by atoms with E-state index >= 15 is 0 Å². The van der Waals surface area contributed by atoms with Crippen molar-refractivity contribution in [2.75, 3.05) is 25.4 Å². The number of hydrogen-bond acceptors (Lipinski definition) is 5. The maximum atomic E-state index is 12.8. The molecule has 1 aromatic carbocycles. The summed E-state index contributed by atoms with van der Waals surface area (Å²) >= 11 is 1.57. The van der Waals surface area contributed by atoms with E-state index in [1.54, 1.807) is 17.8 Å². The van der Waals surface area contributed by atoms with Crippen molar-refractivity contribution < 1.29 is 8.42 Å². The summed E-state index contributed by atoms with van der Waals surface area (Å²) in [5, 5.41) is 2.46. The highest BCUT2D eigenvalue weighted by Gasteiger charge is 2.23. The molecule has 5 rings (SSSR count). The van der Waals surface area contributed by atoms with Crippen LogP contribution in [-0.4, -0.2) is 48.1 Å². The summed E-state index contributed by atoms with van der Waals surface area (Å²) in [6.45, 7) is 3.07. The maximum Gasteiger partial charge on any atom is 0.171 e. The molecule has 0 N–H and O–H groups in total. The van der Waals surface area contributed by atoms with Crippen LogP contribution in [0.4, 0.5) is 0 Å². The molecule has 0 radical (unpaired) electrons. The molecule has 0 unspecified atom stereocenters. The lowest BCUT2D eigenvalue weighted by atomic mass is 9.98. The summed E-state index contributed by atoms with van der Waals surface area (Å²) in [6.07, 6.45) is 9.73. The SMILES string of the molecule is O=S(=O)(C=CC1=Cc2cnc3cccc(n23)S1)CC1CCN(CCCc2ccccc2)CC1. The Morgan fingerprint density at radius 1 is 1.06 bits per heavy atom. The van der Waals surface area contributed by atoms with Crippen LogP contribution in [-0.2, 0) is 16.3 Å². The number of aromatic nitrogens is 2. The van der Waals surface area contributed by atoms with Crippen molar-refractivity contribution in [3.63, 3.8) is 0 Å². The Labute approximate surface area is 200 Å². The van der Waals surface area contributed by atoms with Crippen molar-refractivity contribution in [3.8, 4) is 0 Å². The highest BCUT2D eigenvalue weighted by atomic mass is 32.2. The van der Waals surface area contributed by atoms with Crippen LogP contribution < -0.4 is 0 Å². The molecule has 0 aliphatic carbocycles. The van der Waals surface area contributed by atoms with E-state index in [9.17, 15) is 8.42 Å². The first kappa shape index (κ1) is 22.4. The number of benzene rings is 1. The van der Waals surface area contributed by atoms with Crippen LogP contribution in [0.3, 0.4) is 0 Å². The molecule has 1 saturated heterocycles. The van der Waals surface area contributed by atoms with Gasteiger partial charge in [-0.1, -0.05) is 48.2 Å². The van der Waals surface area contributed by atoms with Gasteiger partial charge in [0.1, 0.15) is 5.65 Å². The van der Waals surface area contributed by atoms with Crippen LogP contribution in [0.5, 0.6) is 0 Å². The van der Waals surface area contributed by atoms with Crippen LogP contribution in [0.15, 0.2) is 76.1 Å². The lowest BCUT2D eigenvalue weighted by Crippen LogP contribution is -2.36. The number of allylic oxidation sites excluding steroid dienone is 1. The van der Waals surface area contributed by atoms with Crippen molar-refractivity contribution in [2.24, 2.45) is 5.92 Å². The lowest BCUT2D eigenvalue weighted by molar-refractivity contribution is 0.192. The number of pyridine rings is 1. The molecule has 0 saturated carbocycles. The van der Waals surface area contributed by atoms with E-state index in [2.05, 4.69) is 44.6 Å². The number of piperidine rings is 1. The van der Waals surface area contributed by atoms with E-state index in [4.69, 9.17) is 0 Å². The van der Waals surface area contributed by atoms with Gasteiger partial charge in [-0.05, 0) is 81.1 Å². The molecule has 2 aliphatic rings. The zero-order valence-corrected chi connectivity index (χ0v) is 20.3. The minimum Gasteiger partial charge on any atom is -0.303 e. The van der Waals surface area contributed by atoms with Gasteiger partial charge in [-0.15, -0.1) is 0 Å². The molecular weight excluding hydrogens is 450 g/mol. The second-order valence-corrected chi connectivity index (χ2v) is 11.9. The summed E-state index contributed by atoms with van der Waals surface area (Å²) in [5.74, 6) is 0.487. The zero-order chi connectivity index (χ0) is 22.7. The van der Waals surface area contributed by atoms with Crippen LogP contribution in [0.25, 0.3) is 11.7 Å². The third kappa shape index (κ3) is 5.60. The van der Waals surface area contributed by atoms with Gasteiger partial charge in [-0.25, -0.2) is 13.4 Å². The van der Waals surface area contributed by atoms with Crippen LogP contribution >= 0.6 is 11.8 Å². The minimum absolute atomic E-state index is 0.243. The van der Waals surface area contributed by atoms with E-state index in [0.717, 1.165) is 66.6 Å². The topological polar surface area (TPSA) is 54.7 Å². The number of likely N-dealkylation sites (tertiary alicyclic amines) is 1. The Kier molecular flexibility index (Phi) is 6.71. The van der Waals surface area contributed by atoms with Crippen LogP contribution in [0, 0.1) is 5.92 Å². The molecule has 3 aromatic rings. The molecule has 0 spiro atoms. The van der Waals surface area contributed by atoms with Gasteiger partial charge in [0.25, 0.3) is 0 Å². The first-order chi connectivity index (χ1) is 16.1. The standard InChI is InChI=1S/C26H29N3O2S2/c30-33(31,17-13-24-18-23-19-27-25-9-4-10-26(32-24)29(23)25)20-22-11-15-28(16-12-22)14-5-8-21-6-2-1-3-7-21/h1-4,6-7,9-10,13,17-19,22H,5,8,11-12,14-16,20H2. The number of thioether (sulfide) groups is 1. The molecule has 2 aromatic heterocycles. The largest absolute Gasteiger partial charge is 0.303 e. The highest BCUT2D eigenvalue weighted by molar-refractivity contribution is 8.03. The summed E-state index contributed by atoms with van der Waals surface area (Å²) in [6, 6.07) is 16.6. The number of nitrogens with zero attached hydrogens (tertiary/aromatic N) is 3. The predicted octanol–water partition coefficient (Wildman–Crippen LogP) is 5.05. The Morgan fingerprint density at radius 2 is 1.88 bits per heavy atom. The lowest BCUT2D eigenvalue weighted by Gasteiger charge is -2.31. The average molecular weight is 480 g/mol. The minimum atomic E-state index is -3.24. The summed E-state index contributed by atoms with van der Waals surface area (Å²) in [4.78, 5) is 7.81. The van der Waals surface area contributed by atoms with Crippen molar-refractivity contribution in [1.82, 2.24) is 14.3 Å². The zero-order valence-electron chi connectivity index (χ0n) is 18.6.